The largest absolute Gasteiger partial charge is 0.390 e. The number of likely N-dealkylation sites (tertiary alicyclic amines) is 1. The number of carbonyl (C=O) groups excluding carboxylic acids is 1. The first-order valence-electron chi connectivity index (χ1n) is 8.49. The van der Waals surface area contributed by atoms with Crippen LogP contribution >= 0.6 is 0 Å². The first-order chi connectivity index (χ1) is 10.1. The third-order valence-corrected chi connectivity index (χ3v) is 4.70. The Balaban J connectivity index is 1.59. The number of likely N-dealkylation sites (N-methyl/N-ethyl adjacent to an activating group) is 1. The Kier molecular flexibility index (Phi) is 6.45. The molecule has 2 fully saturated rings. The molecule has 5 heteroatoms. The van der Waals surface area contributed by atoms with Crippen LogP contribution in [0.4, 0.5) is 0 Å². The van der Waals surface area contributed by atoms with Crippen molar-refractivity contribution in [2.45, 2.75) is 51.7 Å². The van der Waals surface area contributed by atoms with Gasteiger partial charge in [-0.15, -0.1) is 0 Å². The summed E-state index contributed by atoms with van der Waals surface area (Å²) in [6, 6.07) is 0.612. The van der Waals surface area contributed by atoms with Crippen LogP contribution in [0.1, 0.15) is 39.5 Å². The highest BCUT2D eigenvalue weighted by atomic mass is 16.3. The summed E-state index contributed by atoms with van der Waals surface area (Å²) in [5.41, 5.74) is 0. The molecular formula is C16H31N3O2. The van der Waals surface area contributed by atoms with E-state index < -0.39 is 6.10 Å². The van der Waals surface area contributed by atoms with Crippen LogP contribution in [-0.4, -0.2) is 72.2 Å². The van der Waals surface area contributed by atoms with Gasteiger partial charge in [-0.1, -0.05) is 13.8 Å². The van der Waals surface area contributed by atoms with Gasteiger partial charge in [0, 0.05) is 19.1 Å². The molecule has 1 amide bonds. The SMILES string of the molecule is CCN(CC(=O)NCC(O)CN1CCC(C)CC1)C1CC1. The van der Waals surface area contributed by atoms with E-state index in [1.54, 1.807) is 0 Å². The van der Waals surface area contributed by atoms with Crippen LogP contribution in [0.3, 0.4) is 0 Å². The van der Waals surface area contributed by atoms with Crippen molar-refractivity contribution >= 4 is 5.91 Å². The van der Waals surface area contributed by atoms with E-state index in [0.717, 1.165) is 25.6 Å². The van der Waals surface area contributed by atoms with Crippen molar-refractivity contribution in [2.24, 2.45) is 5.92 Å². The topological polar surface area (TPSA) is 55.8 Å². The number of amides is 1. The van der Waals surface area contributed by atoms with Crippen molar-refractivity contribution in [1.82, 2.24) is 15.1 Å². The van der Waals surface area contributed by atoms with E-state index in [1.807, 2.05) is 0 Å². The molecule has 1 unspecified atom stereocenters. The monoisotopic (exact) mass is 297 g/mol. The van der Waals surface area contributed by atoms with Crippen molar-refractivity contribution in [3.63, 3.8) is 0 Å². The zero-order valence-corrected chi connectivity index (χ0v) is 13.6. The van der Waals surface area contributed by atoms with Crippen LogP contribution in [0.5, 0.6) is 0 Å². The van der Waals surface area contributed by atoms with E-state index in [-0.39, 0.29) is 5.91 Å². The molecule has 1 atom stereocenters. The van der Waals surface area contributed by atoms with Gasteiger partial charge in [-0.3, -0.25) is 9.69 Å². The first kappa shape index (κ1) is 16.7. The first-order valence-corrected chi connectivity index (χ1v) is 8.49. The van der Waals surface area contributed by atoms with Gasteiger partial charge in [-0.05, 0) is 51.2 Å². The maximum Gasteiger partial charge on any atom is 0.234 e. The lowest BCUT2D eigenvalue weighted by Gasteiger charge is -2.31. The Bertz CT molecular complexity index is 325. The number of β-amino-alcohol motifs (C(OH)–C–C–N with tert-alkyl or cyclic N) is 1. The predicted octanol–water partition coefficient (Wildman–Crippen LogP) is 0.680. The fourth-order valence-corrected chi connectivity index (χ4v) is 3.02. The highest BCUT2D eigenvalue weighted by Crippen LogP contribution is 2.25. The number of rotatable bonds is 8. The van der Waals surface area contributed by atoms with Gasteiger partial charge >= 0.3 is 0 Å². The quantitative estimate of drug-likeness (QED) is 0.692. The summed E-state index contributed by atoms with van der Waals surface area (Å²) in [6.07, 6.45) is 4.41. The van der Waals surface area contributed by atoms with Gasteiger partial charge in [0.2, 0.25) is 5.91 Å². The van der Waals surface area contributed by atoms with Gasteiger partial charge in [0.25, 0.3) is 0 Å². The summed E-state index contributed by atoms with van der Waals surface area (Å²) in [5, 5.41) is 12.9. The molecule has 0 aromatic rings. The van der Waals surface area contributed by atoms with Crippen LogP contribution < -0.4 is 5.32 Å². The number of hydrogen-bond acceptors (Lipinski definition) is 4. The Morgan fingerprint density at radius 2 is 2.00 bits per heavy atom. The third kappa shape index (κ3) is 5.93. The molecule has 1 heterocycles. The van der Waals surface area contributed by atoms with Gasteiger partial charge in [0.1, 0.15) is 0 Å². The number of piperidine rings is 1. The predicted molar refractivity (Wildman–Crippen MR) is 84.1 cm³/mol. The fourth-order valence-electron chi connectivity index (χ4n) is 3.02. The second-order valence-electron chi connectivity index (χ2n) is 6.74. The molecule has 0 spiro atoms. The Morgan fingerprint density at radius 1 is 1.33 bits per heavy atom. The number of nitrogens with zero attached hydrogens (tertiary/aromatic N) is 2. The molecule has 2 rings (SSSR count). The van der Waals surface area contributed by atoms with Crippen molar-refractivity contribution in [2.75, 3.05) is 39.3 Å². The van der Waals surface area contributed by atoms with Crippen LogP contribution in [0.2, 0.25) is 0 Å². The van der Waals surface area contributed by atoms with Crippen molar-refractivity contribution in [3.05, 3.63) is 0 Å². The lowest BCUT2D eigenvalue weighted by molar-refractivity contribution is -0.122. The fraction of sp³-hybridized carbons (Fsp3) is 0.938. The summed E-state index contributed by atoms with van der Waals surface area (Å²) in [5.74, 6) is 0.843. The summed E-state index contributed by atoms with van der Waals surface area (Å²) in [6.45, 7) is 8.95. The van der Waals surface area contributed by atoms with Gasteiger partial charge in [0.05, 0.1) is 12.6 Å². The second kappa shape index (κ2) is 8.11. The Hall–Kier alpha value is -0.650. The molecule has 0 radical (unpaired) electrons. The molecule has 2 N–H and O–H groups in total. The number of carbonyl (C=O) groups is 1. The molecule has 122 valence electrons. The van der Waals surface area contributed by atoms with Gasteiger partial charge in [-0.25, -0.2) is 0 Å². The molecule has 0 aromatic heterocycles. The minimum Gasteiger partial charge on any atom is -0.390 e. The van der Waals surface area contributed by atoms with E-state index >= 15 is 0 Å². The molecule has 1 aliphatic carbocycles. The van der Waals surface area contributed by atoms with E-state index in [9.17, 15) is 9.90 Å². The molecule has 1 aliphatic heterocycles. The second-order valence-corrected chi connectivity index (χ2v) is 6.74. The summed E-state index contributed by atoms with van der Waals surface area (Å²) in [4.78, 5) is 16.4. The molecule has 2 aliphatic rings. The minimum absolute atomic E-state index is 0.0371. The van der Waals surface area contributed by atoms with Gasteiger partial charge in [-0.2, -0.15) is 0 Å². The zero-order chi connectivity index (χ0) is 15.2. The normalized spacial score (nSPS) is 22.5. The average Bonchev–Trinajstić information content (AvgIpc) is 3.29. The highest BCUT2D eigenvalue weighted by Gasteiger charge is 2.29. The molecule has 21 heavy (non-hydrogen) atoms. The minimum atomic E-state index is -0.460. The molecular weight excluding hydrogens is 266 g/mol. The van der Waals surface area contributed by atoms with E-state index in [1.165, 1.54) is 25.7 Å². The number of nitrogens with one attached hydrogen (secondary N) is 1. The molecule has 0 bridgehead atoms. The molecule has 1 saturated heterocycles. The van der Waals surface area contributed by atoms with Crippen molar-refractivity contribution < 1.29 is 9.90 Å². The van der Waals surface area contributed by atoms with Crippen molar-refractivity contribution in [1.29, 1.82) is 0 Å². The molecule has 1 saturated carbocycles. The van der Waals surface area contributed by atoms with Crippen LogP contribution in [0.25, 0.3) is 0 Å². The standard InChI is InChI=1S/C16H31N3O2/c1-3-19(14-4-5-14)12-16(21)17-10-15(20)11-18-8-6-13(2)7-9-18/h13-15,20H,3-12H2,1-2H3,(H,17,21). The van der Waals surface area contributed by atoms with Crippen LogP contribution in [0, 0.1) is 5.92 Å². The Labute approximate surface area is 128 Å². The maximum atomic E-state index is 11.9. The molecule has 0 aromatic carbocycles. The van der Waals surface area contributed by atoms with E-state index in [4.69, 9.17) is 0 Å². The molecule has 5 nitrogen and oxygen atoms in total. The smallest absolute Gasteiger partial charge is 0.234 e. The number of aliphatic hydroxyl groups is 1. The maximum absolute atomic E-state index is 11.9. The zero-order valence-electron chi connectivity index (χ0n) is 13.6. The van der Waals surface area contributed by atoms with Crippen LogP contribution in [0.15, 0.2) is 0 Å². The highest BCUT2D eigenvalue weighted by molar-refractivity contribution is 5.78. The van der Waals surface area contributed by atoms with Gasteiger partial charge in [0.15, 0.2) is 0 Å². The summed E-state index contributed by atoms with van der Waals surface area (Å²) < 4.78 is 0. The van der Waals surface area contributed by atoms with E-state index in [2.05, 4.69) is 29.0 Å². The van der Waals surface area contributed by atoms with Gasteiger partial charge < -0.3 is 15.3 Å². The summed E-state index contributed by atoms with van der Waals surface area (Å²) in [7, 11) is 0. The number of hydrogen-bond donors (Lipinski definition) is 2. The summed E-state index contributed by atoms with van der Waals surface area (Å²) >= 11 is 0. The van der Waals surface area contributed by atoms with E-state index in [0.29, 0.717) is 25.7 Å². The lowest BCUT2D eigenvalue weighted by Crippen LogP contribution is -2.45. The lowest BCUT2D eigenvalue weighted by atomic mass is 9.99. The third-order valence-electron chi connectivity index (χ3n) is 4.70. The van der Waals surface area contributed by atoms with Crippen LogP contribution in [-0.2, 0) is 4.79 Å². The Morgan fingerprint density at radius 3 is 2.57 bits per heavy atom. The average molecular weight is 297 g/mol. The van der Waals surface area contributed by atoms with Crippen molar-refractivity contribution in [3.8, 4) is 0 Å². The number of aliphatic hydroxyl groups excluding tert-OH is 1.